The van der Waals surface area contributed by atoms with Gasteiger partial charge >= 0.3 is 6.18 Å². The molecule has 3 aliphatic carbocycles. The third-order valence-corrected chi connectivity index (χ3v) is 8.03. The van der Waals surface area contributed by atoms with Crippen molar-refractivity contribution in [2.24, 2.45) is 16.3 Å². The van der Waals surface area contributed by atoms with Crippen molar-refractivity contribution >= 4 is 17.4 Å². The summed E-state index contributed by atoms with van der Waals surface area (Å²) < 4.78 is 52.0. The number of nitrogens with zero attached hydrogens (tertiary/aromatic N) is 3. The summed E-state index contributed by atoms with van der Waals surface area (Å²) >= 11 is 0. The predicted octanol–water partition coefficient (Wildman–Crippen LogP) is 5.74. The normalized spacial score (nSPS) is 23.6. The summed E-state index contributed by atoms with van der Waals surface area (Å²) in [5.74, 6) is -0.477. The maximum absolute atomic E-state index is 13.4. The van der Waals surface area contributed by atoms with Crippen LogP contribution in [-0.2, 0) is 16.4 Å². The van der Waals surface area contributed by atoms with E-state index < -0.39 is 18.4 Å². The molecule has 0 saturated heterocycles. The number of carbonyl (C=O) groups excluding carboxylic acids is 1. The molecule has 0 spiro atoms. The molecule has 3 N–H and O–H groups in total. The van der Waals surface area contributed by atoms with Gasteiger partial charge in [0.2, 0.25) is 0 Å². The third-order valence-electron chi connectivity index (χ3n) is 8.03. The average Bonchev–Trinajstić information content (AvgIpc) is 2.91. The molecule has 37 heavy (non-hydrogen) atoms. The Bertz CT molecular complexity index is 1170. The van der Waals surface area contributed by atoms with E-state index in [9.17, 15) is 22.4 Å². The lowest BCUT2D eigenvalue weighted by Crippen LogP contribution is -2.51. The molecule has 1 aromatic heterocycles. The van der Waals surface area contributed by atoms with Crippen LogP contribution in [0.1, 0.15) is 61.8 Å². The van der Waals surface area contributed by atoms with Crippen LogP contribution in [0.25, 0.3) is 0 Å². The Kier molecular flexibility index (Phi) is 7.30. The highest BCUT2D eigenvalue weighted by Crippen LogP contribution is 2.58. The smallest absolute Gasteiger partial charge is 0.409 e. The van der Waals surface area contributed by atoms with Crippen LogP contribution in [0.4, 0.5) is 23.2 Å². The molecule has 5 rings (SSSR count). The Hall–Kier alpha value is -3.43. The van der Waals surface area contributed by atoms with Crippen molar-refractivity contribution in [1.29, 1.82) is 0 Å². The summed E-state index contributed by atoms with van der Waals surface area (Å²) in [6.07, 6.45) is 0.981. The Balaban J connectivity index is 1.57. The van der Waals surface area contributed by atoms with Crippen molar-refractivity contribution in [2.75, 3.05) is 18.1 Å². The van der Waals surface area contributed by atoms with Gasteiger partial charge in [0.1, 0.15) is 0 Å². The Morgan fingerprint density at radius 1 is 1.14 bits per heavy atom. The molecule has 3 aliphatic rings. The zero-order chi connectivity index (χ0) is 26.8. The number of amides is 1. The quantitative estimate of drug-likeness (QED) is 0.117. The van der Waals surface area contributed by atoms with Crippen molar-refractivity contribution in [3.8, 4) is 0 Å². The highest BCUT2D eigenvalue weighted by atomic mass is 19.4. The highest BCUT2D eigenvalue weighted by Gasteiger charge is 2.51. The van der Waals surface area contributed by atoms with E-state index in [0.717, 1.165) is 50.8 Å². The topological polar surface area (TPSA) is 91.8 Å². The number of fused-ring (bicyclic) bond motifs is 3. The SMILES string of the molecule is C=C(CCF)C(=O)N(CC12CCC(c3ccc(C(F)(F)F)cn3)(CC1)CC2)c1cccc(/C(N)=N/O)c1. The third kappa shape index (κ3) is 5.33. The number of benzene rings is 1. The molecule has 6 nitrogen and oxygen atoms in total. The van der Waals surface area contributed by atoms with Gasteiger partial charge < -0.3 is 15.8 Å². The summed E-state index contributed by atoms with van der Waals surface area (Å²) in [6.45, 7) is 3.47. The van der Waals surface area contributed by atoms with E-state index in [-0.39, 0.29) is 34.6 Å². The van der Waals surface area contributed by atoms with E-state index in [1.165, 1.54) is 6.07 Å². The molecule has 0 radical (unpaired) electrons. The standard InChI is InChI=1S/C27H30F4N4O2/c1-18(7-14-28)24(36)35(21-4-2-3-19(15-21)23(32)34-37)17-25-8-11-26(12-9-25,13-10-25)22-6-5-20(16-33-22)27(29,30)31/h2-6,15-16,37H,1,7-14,17H2,(H2,32,34). The van der Waals surface area contributed by atoms with Gasteiger partial charge in [-0.25, -0.2) is 0 Å². The Morgan fingerprint density at radius 2 is 1.81 bits per heavy atom. The molecule has 1 aromatic carbocycles. The monoisotopic (exact) mass is 518 g/mol. The van der Waals surface area contributed by atoms with E-state index in [1.54, 1.807) is 29.2 Å². The molecule has 3 saturated carbocycles. The van der Waals surface area contributed by atoms with E-state index in [2.05, 4.69) is 16.7 Å². The number of oxime groups is 1. The Labute approximate surface area is 212 Å². The minimum absolute atomic E-state index is 0.0784. The maximum Gasteiger partial charge on any atom is 0.417 e. The van der Waals surface area contributed by atoms with E-state index in [0.29, 0.717) is 23.5 Å². The number of aromatic nitrogens is 1. The number of pyridine rings is 1. The molecule has 10 heteroatoms. The molecule has 1 heterocycles. The molecular weight excluding hydrogens is 488 g/mol. The Morgan fingerprint density at radius 3 is 2.35 bits per heavy atom. The average molecular weight is 519 g/mol. The van der Waals surface area contributed by atoms with Crippen molar-refractivity contribution in [3.05, 3.63) is 71.6 Å². The van der Waals surface area contributed by atoms with Gasteiger partial charge in [0.25, 0.3) is 5.91 Å². The number of hydrogen-bond donors (Lipinski definition) is 2. The van der Waals surface area contributed by atoms with Gasteiger partial charge in [-0.2, -0.15) is 13.2 Å². The number of nitrogens with two attached hydrogens (primary N) is 1. The molecule has 3 fully saturated rings. The lowest BCUT2D eigenvalue weighted by atomic mass is 9.52. The molecule has 0 unspecified atom stereocenters. The number of anilines is 1. The van der Waals surface area contributed by atoms with Crippen LogP contribution in [0.15, 0.2) is 59.9 Å². The zero-order valence-electron chi connectivity index (χ0n) is 20.4. The van der Waals surface area contributed by atoms with Crippen molar-refractivity contribution < 1.29 is 27.6 Å². The first kappa shape index (κ1) is 26.6. The fourth-order valence-electron chi connectivity index (χ4n) is 5.68. The maximum atomic E-state index is 13.4. The number of hydrogen-bond acceptors (Lipinski definition) is 4. The fraction of sp³-hybridized carbons (Fsp3) is 0.444. The molecule has 198 valence electrons. The van der Waals surface area contributed by atoms with E-state index in [1.807, 2.05) is 0 Å². The lowest BCUT2D eigenvalue weighted by molar-refractivity contribution is -0.137. The predicted molar refractivity (Wildman–Crippen MR) is 132 cm³/mol. The molecule has 2 aromatic rings. The van der Waals surface area contributed by atoms with Gasteiger partial charge in [-0.3, -0.25) is 14.2 Å². The van der Waals surface area contributed by atoms with Gasteiger partial charge in [0, 0.05) is 47.1 Å². The molecule has 0 atom stereocenters. The van der Waals surface area contributed by atoms with Crippen LogP contribution >= 0.6 is 0 Å². The van der Waals surface area contributed by atoms with Gasteiger partial charge in [0.15, 0.2) is 5.84 Å². The largest absolute Gasteiger partial charge is 0.417 e. The number of amidine groups is 1. The molecule has 0 aliphatic heterocycles. The minimum Gasteiger partial charge on any atom is -0.409 e. The lowest BCUT2D eigenvalue weighted by Gasteiger charge is -2.54. The van der Waals surface area contributed by atoms with E-state index >= 15 is 0 Å². The summed E-state index contributed by atoms with van der Waals surface area (Å²) in [5, 5.41) is 12.1. The summed E-state index contributed by atoms with van der Waals surface area (Å²) in [7, 11) is 0. The summed E-state index contributed by atoms with van der Waals surface area (Å²) in [4.78, 5) is 19.2. The van der Waals surface area contributed by atoms with Gasteiger partial charge in [-0.1, -0.05) is 23.9 Å². The van der Waals surface area contributed by atoms with Crippen molar-refractivity contribution in [3.63, 3.8) is 0 Å². The van der Waals surface area contributed by atoms with Gasteiger partial charge in [-0.05, 0) is 68.2 Å². The first-order chi connectivity index (χ1) is 17.5. The first-order valence-corrected chi connectivity index (χ1v) is 12.2. The summed E-state index contributed by atoms with van der Waals surface area (Å²) in [5.41, 5.74) is 6.33. The second-order valence-corrected chi connectivity index (χ2v) is 10.2. The number of alkyl halides is 4. The van der Waals surface area contributed by atoms with Crippen molar-refractivity contribution in [2.45, 2.75) is 56.5 Å². The van der Waals surface area contributed by atoms with Crippen LogP contribution in [0.2, 0.25) is 0 Å². The first-order valence-electron chi connectivity index (χ1n) is 12.2. The number of carbonyl (C=O) groups is 1. The van der Waals surface area contributed by atoms with Gasteiger partial charge in [0.05, 0.1) is 12.2 Å². The molecule has 2 bridgehead atoms. The molecular formula is C27H30F4N4O2. The number of rotatable bonds is 8. The van der Waals surface area contributed by atoms with Crippen LogP contribution in [-0.4, -0.2) is 35.2 Å². The van der Waals surface area contributed by atoms with Crippen LogP contribution in [0.5, 0.6) is 0 Å². The highest BCUT2D eigenvalue weighted by molar-refractivity contribution is 6.06. The second-order valence-electron chi connectivity index (χ2n) is 10.2. The fourth-order valence-corrected chi connectivity index (χ4v) is 5.68. The van der Waals surface area contributed by atoms with Crippen molar-refractivity contribution in [1.82, 2.24) is 4.98 Å². The van der Waals surface area contributed by atoms with Gasteiger partial charge in [-0.15, -0.1) is 0 Å². The molecule has 1 amide bonds. The summed E-state index contributed by atoms with van der Waals surface area (Å²) in [6, 6.07) is 9.33. The number of halogens is 4. The minimum atomic E-state index is -4.43. The van der Waals surface area contributed by atoms with Crippen LogP contribution < -0.4 is 10.6 Å². The van der Waals surface area contributed by atoms with Crippen LogP contribution in [0.3, 0.4) is 0 Å². The van der Waals surface area contributed by atoms with E-state index in [4.69, 9.17) is 10.9 Å². The zero-order valence-corrected chi connectivity index (χ0v) is 20.4. The van der Waals surface area contributed by atoms with Crippen LogP contribution in [0, 0.1) is 5.41 Å². The second kappa shape index (κ2) is 10.1.